The molecule has 1 N–H and O–H groups in total. The van der Waals surface area contributed by atoms with Gasteiger partial charge in [0, 0.05) is 6.04 Å². The Morgan fingerprint density at radius 3 is 2.14 bits per heavy atom. The minimum absolute atomic E-state index is 0.629. The van der Waals surface area contributed by atoms with Crippen LogP contribution in [0.4, 0.5) is 0 Å². The van der Waals surface area contributed by atoms with E-state index in [4.69, 9.17) is 0 Å². The third-order valence-corrected chi connectivity index (χ3v) is 7.10. The van der Waals surface area contributed by atoms with Crippen LogP contribution in [0.2, 0.25) is 0 Å². The molecule has 0 radical (unpaired) electrons. The van der Waals surface area contributed by atoms with E-state index in [9.17, 15) is 0 Å². The van der Waals surface area contributed by atoms with Gasteiger partial charge in [-0.15, -0.1) is 0 Å². The summed E-state index contributed by atoms with van der Waals surface area (Å²) in [5, 5.41) is 3.77. The Bertz CT molecular complexity index is 356. The van der Waals surface area contributed by atoms with E-state index in [0.717, 1.165) is 12.0 Å². The van der Waals surface area contributed by atoms with Crippen LogP contribution in [0.1, 0.15) is 91.4 Å². The molecule has 4 bridgehead atoms. The second kappa shape index (κ2) is 5.55. The molecule has 4 aliphatic rings. The zero-order valence-electron chi connectivity index (χ0n) is 14.9. The molecule has 0 aromatic rings. The van der Waals surface area contributed by atoms with Gasteiger partial charge in [0.25, 0.3) is 0 Å². The van der Waals surface area contributed by atoms with Crippen molar-refractivity contribution in [2.24, 2.45) is 22.2 Å². The van der Waals surface area contributed by atoms with E-state index in [1.165, 1.54) is 70.6 Å². The molecule has 0 saturated heterocycles. The lowest BCUT2D eigenvalue weighted by Gasteiger charge is -2.67. The Balaban J connectivity index is 1.73. The van der Waals surface area contributed by atoms with Crippen molar-refractivity contribution < 1.29 is 0 Å². The molecular weight excluding hydrogens is 254 g/mol. The van der Waals surface area contributed by atoms with Crippen molar-refractivity contribution in [3.63, 3.8) is 0 Å². The summed E-state index contributed by atoms with van der Waals surface area (Å²) in [6.07, 6.45) is 16.1. The summed E-state index contributed by atoms with van der Waals surface area (Å²) in [4.78, 5) is 0. The molecule has 0 aromatic heterocycles. The van der Waals surface area contributed by atoms with E-state index in [0.29, 0.717) is 16.2 Å². The van der Waals surface area contributed by atoms with Gasteiger partial charge in [0.05, 0.1) is 0 Å². The maximum atomic E-state index is 3.77. The molecular formula is C20H37N. The standard InChI is InChI=1S/C20H37N/c1-5-6-7-8-9-17(21-4)20-12-16-10-18(2,14-20)13-19(3,11-16)15-20/h16-17,21H,5-15H2,1-4H3. The van der Waals surface area contributed by atoms with Gasteiger partial charge in [0.2, 0.25) is 0 Å². The van der Waals surface area contributed by atoms with E-state index in [1.807, 2.05) is 0 Å². The number of unbranched alkanes of at least 4 members (excludes halogenated alkanes) is 3. The van der Waals surface area contributed by atoms with Crippen LogP contribution in [-0.2, 0) is 0 Å². The summed E-state index contributed by atoms with van der Waals surface area (Å²) in [5.74, 6) is 1.03. The summed E-state index contributed by atoms with van der Waals surface area (Å²) in [6, 6.07) is 0.774. The second-order valence-corrected chi connectivity index (χ2v) is 9.68. The number of nitrogens with one attached hydrogen (secondary N) is 1. The maximum absolute atomic E-state index is 3.77. The maximum Gasteiger partial charge on any atom is 0.0121 e. The van der Waals surface area contributed by atoms with Crippen LogP contribution in [0, 0.1) is 22.2 Å². The summed E-state index contributed by atoms with van der Waals surface area (Å²) < 4.78 is 0. The van der Waals surface area contributed by atoms with Crippen molar-refractivity contribution >= 4 is 0 Å². The highest BCUT2D eigenvalue weighted by Gasteiger charge is 2.61. The van der Waals surface area contributed by atoms with E-state index in [-0.39, 0.29) is 0 Å². The third-order valence-electron chi connectivity index (χ3n) is 7.10. The molecule has 3 atom stereocenters. The fourth-order valence-electron chi connectivity index (χ4n) is 7.46. The van der Waals surface area contributed by atoms with Gasteiger partial charge in [0.15, 0.2) is 0 Å². The van der Waals surface area contributed by atoms with Crippen molar-refractivity contribution in [1.82, 2.24) is 5.32 Å². The van der Waals surface area contributed by atoms with Crippen molar-refractivity contribution in [3.05, 3.63) is 0 Å². The molecule has 0 aromatic carbocycles. The molecule has 4 fully saturated rings. The third kappa shape index (κ3) is 2.92. The SMILES string of the molecule is CCCCCCC(NC)C12CC3CC(C)(CC(C)(C3)C1)C2. The van der Waals surface area contributed by atoms with Crippen LogP contribution >= 0.6 is 0 Å². The van der Waals surface area contributed by atoms with Crippen molar-refractivity contribution in [1.29, 1.82) is 0 Å². The van der Waals surface area contributed by atoms with Gasteiger partial charge in [0.1, 0.15) is 0 Å². The molecule has 0 heterocycles. The van der Waals surface area contributed by atoms with Gasteiger partial charge in [-0.25, -0.2) is 0 Å². The predicted octanol–water partition coefficient (Wildman–Crippen LogP) is 5.54. The molecule has 122 valence electrons. The molecule has 0 amide bonds. The summed E-state index contributed by atoms with van der Waals surface area (Å²) in [5.41, 5.74) is 1.95. The fraction of sp³-hybridized carbons (Fsp3) is 1.00. The predicted molar refractivity (Wildman–Crippen MR) is 91.4 cm³/mol. The zero-order chi connectivity index (χ0) is 15.1. The van der Waals surface area contributed by atoms with Crippen molar-refractivity contribution in [2.75, 3.05) is 7.05 Å². The first-order valence-electron chi connectivity index (χ1n) is 9.60. The van der Waals surface area contributed by atoms with Crippen LogP contribution < -0.4 is 5.32 Å². The molecule has 4 aliphatic carbocycles. The van der Waals surface area contributed by atoms with Crippen molar-refractivity contribution in [2.45, 2.75) is 97.4 Å². The Morgan fingerprint density at radius 1 is 0.952 bits per heavy atom. The fourth-order valence-corrected chi connectivity index (χ4v) is 7.46. The highest BCUT2D eigenvalue weighted by Crippen LogP contribution is 2.70. The molecule has 0 aliphatic heterocycles. The van der Waals surface area contributed by atoms with E-state index in [2.05, 4.69) is 33.1 Å². The molecule has 3 unspecified atom stereocenters. The largest absolute Gasteiger partial charge is 0.316 e. The average Bonchev–Trinajstić information content (AvgIpc) is 2.34. The lowest BCUT2D eigenvalue weighted by molar-refractivity contribution is -0.158. The summed E-state index contributed by atoms with van der Waals surface area (Å²) in [6.45, 7) is 7.53. The Kier molecular flexibility index (Phi) is 4.19. The topological polar surface area (TPSA) is 12.0 Å². The minimum Gasteiger partial charge on any atom is -0.316 e. The van der Waals surface area contributed by atoms with Crippen LogP contribution in [0.5, 0.6) is 0 Å². The highest BCUT2D eigenvalue weighted by molar-refractivity contribution is 5.13. The van der Waals surface area contributed by atoms with E-state index < -0.39 is 0 Å². The molecule has 4 rings (SSSR count). The molecule has 1 heteroatoms. The first-order valence-corrected chi connectivity index (χ1v) is 9.60. The summed E-state index contributed by atoms with van der Waals surface area (Å²) in [7, 11) is 2.23. The number of hydrogen-bond donors (Lipinski definition) is 1. The minimum atomic E-state index is 0.629. The first kappa shape index (κ1) is 15.8. The summed E-state index contributed by atoms with van der Waals surface area (Å²) >= 11 is 0. The van der Waals surface area contributed by atoms with E-state index >= 15 is 0 Å². The average molecular weight is 292 g/mol. The Morgan fingerprint density at radius 2 is 1.62 bits per heavy atom. The normalized spacial score (nSPS) is 46.0. The highest BCUT2D eigenvalue weighted by atomic mass is 14.9. The van der Waals surface area contributed by atoms with Crippen LogP contribution in [0.3, 0.4) is 0 Å². The second-order valence-electron chi connectivity index (χ2n) is 9.68. The molecule has 21 heavy (non-hydrogen) atoms. The van der Waals surface area contributed by atoms with Gasteiger partial charge in [-0.05, 0) is 74.2 Å². The Hall–Kier alpha value is -0.0400. The molecule has 0 spiro atoms. The number of rotatable bonds is 7. The Labute approximate surface area is 132 Å². The lowest BCUT2D eigenvalue weighted by atomic mass is 9.39. The first-order chi connectivity index (χ1) is 9.93. The van der Waals surface area contributed by atoms with Gasteiger partial charge in [-0.2, -0.15) is 0 Å². The van der Waals surface area contributed by atoms with Crippen LogP contribution in [0.25, 0.3) is 0 Å². The number of hydrogen-bond acceptors (Lipinski definition) is 1. The molecule has 1 nitrogen and oxygen atoms in total. The van der Waals surface area contributed by atoms with Gasteiger partial charge in [-0.3, -0.25) is 0 Å². The van der Waals surface area contributed by atoms with Crippen LogP contribution in [0.15, 0.2) is 0 Å². The molecule has 4 saturated carbocycles. The van der Waals surface area contributed by atoms with Gasteiger partial charge < -0.3 is 5.32 Å². The van der Waals surface area contributed by atoms with Crippen LogP contribution in [-0.4, -0.2) is 13.1 Å². The van der Waals surface area contributed by atoms with Gasteiger partial charge in [-0.1, -0.05) is 46.5 Å². The quantitative estimate of drug-likeness (QED) is 0.607. The van der Waals surface area contributed by atoms with Crippen molar-refractivity contribution in [3.8, 4) is 0 Å². The zero-order valence-corrected chi connectivity index (χ0v) is 14.9. The monoisotopic (exact) mass is 291 g/mol. The van der Waals surface area contributed by atoms with E-state index in [1.54, 1.807) is 0 Å². The van der Waals surface area contributed by atoms with Gasteiger partial charge >= 0.3 is 0 Å². The lowest BCUT2D eigenvalue weighted by Crippen LogP contribution is -2.61. The smallest absolute Gasteiger partial charge is 0.0121 e.